The second kappa shape index (κ2) is 7.45. The number of benzene rings is 2. The number of rotatable bonds is 5. The number of nitrogens with one attached hydrogen (secondary N) is 1. The van der Waals surface area contributed by atoms with Crippen LogP contribution in [0.5, 0.6) is 5.75 Å². The molecule has 116 valence electrons. The summed E-state index contributed by atoms with van der Waals surface area (Å²) in [6, 6.07) is 15.4. The highest BCUT2D eigenvalue weighted by Crippen LogP contribution is 2.19. The summed E-state index contributed by atoms with van der Waals surface area (Å²) in [6.07, 6.45) is -0.548. The lowest BCUT2D eigenvalue weighted by Crippen LogP contribution is -2.37. The fraction of sp³-hybridized carbons (Fsp3) is 0.278. The van der Waals surface area contributed by atoms with Gasteiger partial charge in [0.15, 0.2) is 6.10 Å². The number of halogens is 1. The lowest BCUT2D eigenvalue weighted by molar-refractivity contribution is -0.127. The monoisotopic (exact) mass is 361 g/mol. The predicted molar refractivity (Wildman–Crippen MR) is 92.0 cm³/mol. The first-order valence-corrected chi connectivity index (χ1v) is 8.05. The summed E-state index contributed by atoms with van der Waals surface area (Å²) in [6.45, 7) is 5.77. The molecule has 0 bridgehead atoms. The standard InChI is InChI=1S/C18H20BrNO2/c1-12-6-4-5-7-17(12)13(2)20-18(21)14(3)22-16-10-8-15(19)9-11-16/h4-11,13-14H,1-3H3,(H,20,21). The van der Waals surface area contributed by atoms with Crippen molar-refractivity contribution >= 4 is 21.8 Å². The van der Waals surface area contributed by atoms with Gasteiger partial charge in [0.05, 0.1) is 6.04 Å². The lowest BCUT2D eigenvalue weighted by atomic mass is 10.0. The largest absolute Gasteiger partial charge is 0.481 e. The maximum absolute atomic E-state index is 12.3. The molecule has 2 atom stereocenters. The van der Waals surface area contributed by atoms with Gasteiger partial charge in [0.1, 0.15) is 5.75 Å². The highest BCUT2D eigenvalue weighted by Gasteiger charge is 2.18. The number of hydrogen-bond donors (Lipinski definition) is 1. The number of aryl methyl sites for hydroxylation is 1. The summed E-state index contributed by atoms with van der Waals surface area (Å²) in [7, 11) is 0. The van der Waals surface area contributed by atoms with Crippen LogP contribution in [0.1, 0.15) is 31.0 Å². The highest BCUT2D eigenvalue weighted by atomic mass is 79.9. The van der Waals surface area contributed by atoms with Gasteiger partial charge in [0.25, 0.3) is 5.91 Å². The molecule has 0 aromatic heterocycles. The number of hydrogen-bond acceptors (Lipinski definition) is 2. The van der Waals surface area contributed by atoms with Crippen molar-refractivity contribution < 1.29 is 9.53 Å². The van der Waals surface area contributed by atoms with Gasteiger partial charge in [-0.1, -0.05) is 40.2 Å². The fourth-order valence-corrected chi connectivity index (χ4v) is 2.52. The van der Waals surface area contributed by atoms with Gasteiger partial charge in [-0.3, -0.25) is 4.79 Å². The summed E-state index contributed by atoms with van der Waals surface area (Å²) in [5.74, 6) is 0.549. The van der Waals surface area contributed by atoms with Gasteiger partial charge in [0, 0.05) is 4.47 Å². The molecular weight excluding hydrogens is 342 g/mol. The van der Waals surface area contributed by atoms with Crippen molar-refractivity contribution in [1.29, 1.82) is 0 Å². The minimum Gasteiger partial charge on any atom is -0.481 e. The molecule has 0 spiro atoms. The molecule has 3 nitrogen and oxygen atoms in total. The molecule has 2 rings (SSSR count). The van der Waals surface area contributed by atoms with E-state index in [1.54, 1.807) is 6.92 Å². The van der Waals surface area contributed by atoms with Gasteiger partial charge in [0.2, 0.25) is 0 Å². The minimum absolute atomic E-state index is 0.0512. The van der Waals surface area contributed by atoms with Gasteiger partial charge in [-0.15, -0.1) is 0 Å². The molecule has 0 aliphatic rings. The van der Waals surface area contributed by atoms with Crippen LogP contribution in [0, 0.1) is 6.92 Å². The molecule has 0 saturated carbocycles. The van der Waals surface area contributed by atoms with Crippen LogP contribution in [-0.4, -0.2) is 12.0 Å². The van der Waals surface area contributed by atoms with Crippen LogP contribution < -0.4 is 10.1 Å². The minimum atomic E-state index is -0.548. The Kier molecular flexibility index (Phi) is 5.61. The smallest absolute Gasteiger partial charge is 0.261 e. The van der Waals surface area contributed by atoms with E-state index in [2.05, 4.69) is 21.2 Å². The van der Waals surface area contributed by atoms with E-state index in [0.717, 1.165) is 15.6 Å². The third-order valence-corrected chi connectivity index (χ3v) is 4.04. The lowest BCUT2D eigenvalue weighted by Gasteiger charge is -2.20. The van der Waals surface area contributed by atoms with Crippen LogP contribution in [0.2, 0.25) is 0 Å². The van der Waals surface area contributed by atoms with Gasteiger partial charge < -0.3 is 10.1 Å². The molecule has 2 aromatic rings. The first-order valence-electron chi connectivity index (χ1n) is 7.25. The summed E-state index contributed by atoms with van der Waals surface area (Å²) < 4.78 is 6.64. The summed E-state index contributed by atoms with van der Waals surface area (Å²) >= 11 is 3.37. The number of ether oxygens (including phenoxy) is 1. The fourth-order valence-electron chi connectivity index (χ4n) is 2.25. The van der Waals surface area contributed by atoms with Crippen molar-refractivity contribution in [2.75, 3.05) is 0 Å². The quantitative estimate of drug-likeness (QED) is 0.856. The molecular formula is C18H20BrNO2. The molecule has 2 unspecified atom stereocenters. The van der Waals surface area contributed by atoms with E-state index in [1.807, 2.05) is 62.4 Å². The summed E-state index contributed by atoms with van der Waals surface area (Å²) in [5, 5.41) is 3.00. The van der Waals surface area contributed by atoms with E-state index in [9.17, 15) is 4.79 Å². The Balaban J connectivity index is 1.96. The number of amides is 1. The molecule has 2 aromatic carbocycles. The van der Waals surface area contributed by atoms with Crippen LogP contribution >= 0.6 is 15.9 Å². The molecule has 0 aliphatic heterocycles. The van der Waals surface area contributed by atoms with Crippen molar-refractivity contribution in [2.45, 2.75) is 32.9 Å². The van der Waals surface area contributed by atoms with Crippen molar-refractivity contribution in [3.63, 3.8) is 0 Å². The maximum Gasteiger partial charge on any atom is 0.261 e. The van der Waals surface area contributed by atoms with E-state index in [0.29, 0.717) is 5.75 Å². The number of carbonyl (C=O) groups excluding carboxylic acids is 1. The van der Waals surface area contributed by atoms with Crippen LogP contribution in [0.15, 0.2) is 53.0 Å². The van der Waals surface area contributed by atoms with Crippen molar-refractivity contribution in [3.05, 3.63) is 64.1 Å². The Morgan fingerprint density at radius 2 is 1.73 bits per heavy atom. The topological polar surface area (TPSA) is 38.3 Å². The molecule has 4 heteroatoms. The second-order valence-electron chi connectivity index (χ2n) is 5.30. The SMILES string of the molecule is Cc1ccccc1C(C)NC(=O)C(C)Oc1ccc(Br)cc1. The first kappa shape index (κ1) is 16.6. The van der Waals surface area contributed by atoms with Crippen molar-refractivity contribution in [3.8, 4) is 5.75 Å². The molecule has 0 saturated heterocycles. The molecule has 1 amide bonds. The third-order valence-electron chi connectivity index (χ3n) is 3.51. The molecule has 1 N–H and O–H groups in total. The van der Waals surface area contributed by atoms with E-state index < -0.39 is 6.10 Å². The van der Waals surface area contributed by atoms with E-state index >= 15 is 0 Å². The molecule has 0 radical (unpaired) electrons. The predicted octanol–water partition coefficient (Wildman–Crippen LogP) is 4.40. The highest BCUT2D eigenvalue weighted by molar-refractivity contribution is 9.10. The third kappa shape index (κ3) is 4.34. The maximum atomic E-state index is 12.3. The molecule has 0 fully saturated rings. The van der Waals surface area contributed by atoms with Crippen LogP contribution in [0.4, 0.5) is 0 Å². The van der Waals surface area contributed by atoms with Crippen LogP contribution in [0.3, 0.4) is 0 Å². The van der Waals surface area contributed by atoms with Gasteiger partial charge in [-0.05, 0) is 56.2 Å². The first-order chi connectivity index (χ1) is 10.5. The number of carbonyl (C=O) groups is 1. The molecule has 0 heterocycles. The molecule has 0 aliphatic carbocycles. The summed E-state index contributed by atoms with van der Waals surface area (Å²) in [4.78, 5) is 12.3. The van der Waals surface area contributed by atoms with Gasteiger partial charge >= 0.3 is 0 Å². The Bertz CT molecular complexity index is 640. The normalized spacial score (nSPS) is 13.3. The zero-order chi connectivity index (χ0) is 16.1. The second-order valence-corrected chi connectivity index (χ2v) is 6.22. The van der Waals surface area contributed by atoms with E-state index in [4.69, 9.17) is 4.74 Å². The van der Waals surface area contributed by atoms with Crippen molar-refractivity contribution in [2.24, 2.45) is 0 Å². The van der Waals surface area contributed by atoms with Crippen LogP contribution in [0.25, 0.3) is 0 Å². The Morgan fingerprint density at radius 1 is 1.09 bits per heavy atom. The van der Waals surface area contributed by atoms with Crippen molar-refractivity contribution in [1.82, 2.24) is 5.32 Å². The summed E-state index contributed by atoms with van der Waals surface area (Å²) in [5.41, 5.74) is 2.28. The Morgan fingerprint density at radius 3 is 2.36 bits per heavy atom. The Labute approximate surface area is 139 Å². The molecule has 22 heavy (non-hydrogen) atoms. The Hall–Kier alpha value is -1.81. The zero-order valence-corrected chi connectivity index (χ0v) is 14.6. The average molecular weight is 362 g/mol. The average Bonchev–Trinajstić information content (AvgIpc) is 2.49. The van der Waals surface area contributed by atoms with E-state index in [1.165, 1.54) is 0 Å². The van der Waals surface area contributed by atoms with E-state index in [-0.39, 0.29) is 11.9 Å². The van der Waals surface area contributed by atoms with Gasteiger partial charge in [-0.2, -0.15) is 0 Å². The van der Waals surface area contributed by atoms with Crippen LogP contribution in [-0.2, 0) is 4.79 Å². The van der Waals surface area contributed by atoms with Gasteiger partial charge in [-0.25, -0.2) is 0 Å². The zero-order valence-electron chi connectivity index (χ0n) is 13.0.